The van der Waals surface area contributed by atoms with Gasteiger partial charge in [-0.15, -0.1) is 5.10 Å². The summed E-state index contributed by atoms with van der Waals surface area (Å²) >= 11 is 5.87. The van der Waals surface area contributed by atoms with Gasteiger partial charge in [0.25, 0.3) is 5.56 Å². The first-order chi connectivity index (χ1) is 12.1. The third kappa shape index (κ3) is 2.89. The minimum atomic E-state index is -0.355. The van der Waals surface area contributed by atoms with Crippen molar-refractivity contribution in [2.75, 3.05) is 0 Å². The highest BCUT2D eigenvalue weighted by atomic mass is 35.5. The number of nitrogens with zero attached hydrogens (tertiary/aromatic N) is 5. The third-order valence-electron chi connectivity index (χ3n) is 3.77. The average Bonchev–Trinajstić information content (AvgIpc) is 3.05. The molecule has 2 aromatic carbocycles. The molecule has 25 heavy (non-hydrogen) atoms. The number of benzene rings is 2. The van der Waals surface area contributed by atoms with Crippen LogP contribution >= 0.6 is 11.6 Å². The quantitative estimate of drug-likeness (QED) is 0.567. The maximum atomic E-state index is 13.1. The van der Waals surface area contributed by atoms with Crippen LogP contribution in [0.2, 0.25) is 5.02 Å². The van der Waals surface area contributed by atoms with Crippen molar-refractivity contribution in [3.05, 3.63) is 81.6 Å². The summed E-state index contributed by atoms with van der Waals surface area (Å²) in [6, 6.07) is 12.9. The molecule has 2 aromatic heterocycles. The normalized spacial score (nSPS) is 11.1. The molecule has 124 valence electrons. The van der Waals surface area contributed by atoms with Crippen molar-refractivity contribution in [2.45, 2.75) is 6.54 Å². The predicted molar refractivity (Wildman–Crippen MR) is 91.4 cm³/mol. The Hall–Kier alpha value is -3.06. The fourth-order valence-corrected chi connectivity index (χ4v) is 2.63. The molecular formula is C17H11ClFN5O. The SMILES string of the molecule is O=c1c2nnn(-c3ccc(F)cc3)c2ncn1Cc1ccc(Cl)cc1. The monoisotopic (exact) mass is 355 g/mol. The van der Waals surface area contributed by atoms with Crippen LogP contribution in [-0.2, 0) is 6.54 Å². The van der Waals surface area contributed by atoms with Gasteiger partial charge in [-0.3, -0.25) is 9.36 Å². The smallest absolute Gasteiger partial charge is 0.283 e. The van der Waals surface area contributed by atoms with Crippen LogP contribution in [-0.4, -0.2) is 24.5 Å². The Kier molecular flexibility index (Phi) is 3.77. The van der Waals surface area contributed by atoms with Gasteiger partial charge in [0.15, 0.2) is 11.2 Å². The van der Waals surface area contributed by atoms with Crippen LogP contribution in [0.3, 0.4) is 0 Å². The number of hydrogen-bond acceptors (Lipinski definition) is 4. The lowest BCUT2D eigenvalue weighted by atomic mass is 10.2. The first kappa shape index (κ1) is 15.5. The van der Waals surface area contributed by atoms with Crippen LogP contribution in [0.1, 0.15) is 5.56 Å². The van der Waals surface area contributed by atoms with E-state index in [4.69, 9.17) is 11.6 Å². The Bertz CT molecular complexity index is 1100. The minimum Gasteiger partial charge on any atom is -0.293 e. The van der Waals surface area contributed by atoms with E-state index in [0.29, 0.717) is 22.9 Å². The summed E-state index contributed by atoms with van der Waals surface area (Å²) in [7, 11) is 0. The molecule has 0 atom stereocenters. The molecule has 8 heteroatoms. The summed E-state index contributed by atoms with van der Waals surface area (Å²) in [6.45, 7) is 0.350. The van der Waals surface area contributed by atoms with E-state index in [0.717, 1.165) is 5.56 Å². The number of rotatable bonds is 3. The summed E-state index contributed by atoms with van der Waals surface area (Å²) in [5.74, 6) is -0.355. The molecule has 0 bridgehead atoms. The first-order valence-corrected chi connectivity index (χ1v) is 7.81. The zero-order valence-electron chi connectivity index (χ0n) is 12.8. The molecule has 0 aliphatic heterocycles. The molecule has 0 fully saturated rings. The Balaban J connectivity index is 1.75. The second-order valence-electron chi connectivity index (χ2n) is 5.45. The summed E-state index contributed by atoms with van der Waals surface area (Å²) < 4.78 is 15.9. The molecule has 4 aromatic rings. The van der Waals surface area contributed by atoms with Crippen molar-refractivity contribution in [1.29, 1.82) is 0 Å². The van der Waals surface area contributed by atoms with Crippen molar-refractivity contribution in [1.82, 2.24) is 24.5 Å². The van der Waals surface area contributed by atoms with E-state index >= 15 is 0 Å². The van der Waals surface area contributed by atoms with Crippen molar-refractivity contribution in [3.8, 4) is 5.69 Å². The molecule has 0 unspecified atom stereocenters. The van der Waals surface area contributed by atoms with E-state index in [1.54, 1.807) is 24.3 Å². The van der Waals surface area contributed by atoms with Crippen molar-refractivity contribution < 1.29 is 4.39 Å². The molecule has 0 aliphatic rings. The molecule has 4 rings (SSSR count). The number of hydrogen-bond donors (Lipinski definition) is 0. The maximum absolute atomic E-state index is 13.1. The van der Waals surface area contributed by atoms with Gasteiger partial charge in [0.05, 0.1) is 12.2 Å². The molecule has 2 heterocycles. The number of aromatic nitrogens is 5. The van der Waals surface area contributed by atoms with Crippen molar-refractivity contribution in [3.63, 3.8) is 0 Å². The highest BCUT2D eigenvalue weighted by molar-refractivity contribution is 6.30. The number of fused-ring (bicyclic) bond motifs is 1. The summed E-state index contributed by atoms with van der Waals surface area (Å²) in [5, 5.41) is 8.53. The minimum absolute atomic E-state index is 0.154. The zero-order chi connectivity index (χ0) is 17.4. The summed E-state index contributed by atoms with van der Waals surface area (Å²) in [4.78, 5) is 16.9. The zero-order valence-corrected chi connectivity index (χ0v) is 13.6. The largest absolute Gasteiger partial charge is 0.293 e. The molecule has 0 saturated heterocycles. The van der Waals surface area contributed by atoms with Crippen LogP contribution in [0.5, 0.6) is 0 Å². The Labute approximate surface area is 146 Å². The molecule has 0 N–H and O–H groups in total. The lowest BCUT2D eigenvalue weighted by molar-refractivity contribution is 0.627. The first-order valence-electron chi connectivity index (χ1n) is 7.43. The van der Waals surface area contributed by atoms with E-state index in [1.165, 1.54) is 27.7 Å². The van der Waals surface area contributed by atoms with E-state index in [-0.39, 0.29) is 16.9 Å². The predicted octanol–water partition coefficient (Wildman–Crippen LogP) is 2.82. The van der Waals surface area contributed by atoms with Crippen LogP contribution in [0, 0.1) is 5.82 Å². The van der Waals surface area contributed by atoms with Gasteiger partial charge >= 0.3 is 0 Å². The van der Waals surface area contributed by atoms with E-state index in [9.17, 15) is 9.18 Å². The third-order valence-corrected chi connectivity index (χ3v) is 4.02. The van der Waals surface area contributed by atoms with Gasteiger partial charge < -0.3 is 0 Å². The van der Waals surface area contributed by atoms with Crippen LogP contribution in [0.4, 0.5) is 4.39 Å². The van der Waals surface area contributed by atoms with E-state index in [1.807, 2.05) is 12.1 Å². The molecule has 6 nitrogen and oxygen atoms in total. The van der Waals surface area contributed by atoms with Gasteiger partial charge in [-0.2, -0.15) is 4.68 Å². The Morgan fingerprint density at radius 1 is 1.04 bits per heavy atom. The fourth-order valence-electron chi connectivity index (χ4n) is 2.50. The molecule has 0 aliphatic carbocycles. The van der Waals surface area contributed by atoms with Gasteiger partial charge in [0.1, 0.15) is 12.1 Å². The van der Waals surface area contributed by atoms with Gasteiger partial charge in [-0.05, 0) is 42.0 Å². The van der Waals surface area contributed by atoms with Crippen molar-refractivity contribution >= 4 is 22.8 Å². The molecule has 0 spiro atoms. The van der Waals surface area contributed by atoms with Crippen LogP contribution < -0.4 is 5.56 Å². The second-order valence-corrected chi connectivity index (χ2v) is 5.89. The molecule has 0 saturated carbocycles. The van der Waals surface area contributed by atoms with Gasteiger partial charge in [0, 0.05) is 5.02 Å². The topological polar surface area (TPSA) is 65.6 Å². The Morgan fingerprint density at radius 3 is 2.48 bits per heavy atom. The summed E-state index contributed by atoms with van der Waals surface area (Å²) in [5.41, 5.74) is 1.67. The van der Waals surface area contributed by atoms with Gasteiger partial charge in [-0.25, -0.2) is 9.37 Å². The fraction of sp³-hybridized carbons (Fsp3) is 0.0588. The van der Waals surface area contributed by atoms with Crippen LogP contribution in [0.25, 0.3) is 16.9 Å². The highest BCUT2D eigenvalue weighted by Crippen LogP contribution is 2.13. The number of halogens is 2. The van der Waals surface area contributed by atoms with Gasteiger partial charge in [-0.1, -0.05) is 28.9 Å². The average molecular weight is 356 g/mol. The summed E-state index contributed by atoms with van der Waals surface area (Å²) in [6.07, 6.45) is 1.45. The molecular weight excluding hydrogens is 345 g/mol. The standard InChI is InChI=1S/C17H11ClFN5O/c18-12-3-1-11(2-4-12)9-23-10-20-16-15(17(23)25)21-22-24(16)14-7-5-13(19)6-8-14/h1-8,10H,9H2. The lowest BCUT2D eigenvalue weighted by Crippen LogP contribution is -2.21. The van der Waals surface area contributed by atoms with E-state index in [2.05, 4.69) is 15.3 Å². The molecule has 0 radical (unpaired) electrons. The van der Waals surface area contributed by atoms with Crippen LogP contribution in [0.15, 0.2) is 59.7 Å². The highest BCUT2D eigenvalue weighted by Gasteiger charge is 2.13. The lowest BCUT2D eigenvalue weighted by Gasteiger charge is -2.06. The Morgan fingerprint density at radius 2 is 1.76 bits per heavy atom. The van der Waals surface area contributed by atoms with Crippen molar-refractivity contribution in [2.24, 2.45) is 0 Å². The maximum Gasteiger partial charge on any atom is 0.283 e. The van der Waals surface area contributed by atoms with Gasteiger partial charge in [0.2, 0.25) is 0 Å². The van der Waals surface area contributed by atoms with E-state index < -0.39 is 0 Å². The second kappa shape index (κ2) is 6.10. The molecule has 0 amide bonds.